The van der Waals surface area contributed by atoms with Gasteiger partial charge in [-0.25, -0.2) is 4.79 Å². The Bertz CT molecular complexity index is 954. The largest absolute Gasteiger partial charge is 0.459 e. The summed E-state index contributed by atoms with van der Waals surface area (Å²) in [4.78, 5) is 25.6. The van der Waals surface area contributed by atoms with E-state index < -0.39 is 5.92 Å². The Balaban J connectivity index is 1.46. The molecule has 4 heteroatoms. The van der Waals surface area contributed by atoms with E-state index in [0.717, 1.165) is 36.8 Å². The van der Waals surface area contributed by atoms with Gasteiger partial charge in [0.1, 0.15) is 6.10 Å². The molecule has 31 heavy (non-hydrogen) atoms. The highest BCUT2D eigenvalue weighted by Gasteiger charge is 2.23. The normalized spacial score (nSPS) is 14.2. The quantitative estimate of drug-likeness (QED) is 0.508. The molecule has 0 atom stereocenters. The van der Waals surface area contributed by atoms with Crippen molar-refractivity contribution in [1.82, 2.24) is 0 Å². The van der Waals surface area contributed by atoms with E-state index in [1.165, 1.54) is 6.42 Å². The van der Waals surface area contributed by atoms with Gasteiger partial charge in [0.2, 0.25) is 5.91 Å². The van der Waals surface area contributed by atoms with Crippen LogP contribution in [-0.4, -0.2) is 18.0 Å². The first-order chi connectivity index (χ1) is 15.2. The Morgan fingerprint density at radius 3 is 1.84 bits per heavy atom. The first-order valence-corrected chi connectivity index (χ1v) is 10.9. The highest BCUT2D eigenvalue weighted by atomic mass is 16.5. The van der Waals surface area contributed by atoms with Gasteiger partial charge in [-0.3, -0.25) is 4.79 Å². The molecule has 0 spiro atoms. The van der Waals surface area contributed by atoms with E-state index in [2.05, 4.69) is 5.32 Å². The minimum Gasteiger partial charge on any atom is -0.459 e. The number of carbonyl (C=O) groups excluding carboxylic acids is 2. The molecule has 3 aromatic rings. The Morgan fingerprint density at radius 1 is 0.742 bits per heavy atom. The van der Waals surface area contributed by atoms with E-state index in [1.807, 2.05) is 60.7 Å². The third-order valence-electron chi connectivity index (χ3n) is 5.74. The fourth-order valence-corrected chi connectivity index (χ4v) is 4.09. The molecular weight excluding hydrogens is 386 g/mol. The molecule has 0 saturated heterocycles. The third kappa shape index (κ3) is 5.40. The molecule has 1 N–H and O–H groups in total. The molecule has 0 aromatic heterocycles. The van der Waals surface area contributed by atoms with Crippen LogP contribution in [0.4, 0.5) is 5.69 Å². The molecule has 158 valence electrons. The van der Waals surface area contributed by atoms with Crippen molar-refractivity contribution in [3.05, 3.63) is 102 Å². The molecule has 3 aromatic carbocycles. The number of benzene rings is 3. The molecule has 0 unspecified atom stereocenters. The van der Waals surface area contributed by atoms with Crippen LogP contribution < -0.4 is 5.32 Å². The van der Waals surface area contributed by atoms with Crippen molar-refractivity contribution in [2.45, 2.75) is 44.1 Å². The molecule has 1 saturated carbocycles. The zero-order valence-corrected chi connectivity index (χ0v) is 17.5. The van der Waals surface area contributed by atoms with Gasteiger partial charge in [-0.15, -0.1) is 0 Å². The van der Waals surface area contributed by atoms with E-state index in [-0.39, 0.29) is 18.0 Å². The van der Waals surface area contributed by atoms with Crippen molar-refractivity contribution in [3.63, 3.8) is 0 Å². The zero-order chi connectivity index (χ0) is 21.5. The minimum absolute atomic E-state index is 0.0260. The molecule has 0 heterocycles. The Morgan fingerprint density at radius 2 is 1.29 bits per heavy atom. The standard InChI is InChI=1S/C27H27NO3/c29-26(25(20-10-4-1-5-11-20)21-12-6-2-7-13-21)28-23-18-16-22(17-19-23)27(30)31-24-14-8-3-9-15-24/h1-2,4-7,10-13,16-19,24-25H,3,8-9,14-15H2,(H,28,29). The van der Waals surface area contributed by atoms with Crippen molar-refractivity contribution in [2.75, 3.05) is 5.32 Å². The van der Waals surface area contributed by atoms with Crippen LogP contribution in [0, 0.1) is 0 Å². The van der Waals surface area contributed by atoms with E-state index in [0.29, 0.717) is 11.3 Å². The van der Waals surface area contributed by atoms with Gasteiger partial charge in [0.25, 0.3) is 0 Å². The van der Waals surface area contributed by atoms with Crippen LogP contribution in [0.2, 0.25) is 0 Å². The molecule has 0 aliphatic heterocycles. The molecular formula is C27H27NO3. The molecule has 1 aliphatic carbocycles. The van der Waals surface area contributed by atoms with Crippen molar-refractivity contribution in [3.8, 4) is 0 Å². The summed E-state index contributed by atoms with van der Waals surface area (Å²) in [5.74, 6) is -0.829. The minimum atomic E-state index is -0.418. The average molecular weight is 414 g/mol. The summed E-state index contributed by atoms with van der Waals surface area (Å²) in [5, 5.41) is 3.00. The van der Waals surface area contributed by atoms with Crippen LogP contribution >= 0.6 is 0 Å². The van der Waals surface area contributed by atoms with E-state index >= 15 is 0 Å². The lowest BCUT2D eigenvalue weighted by Gasteiger charge is -2.21. The maximum Gasteiger partial charge on any atom is 0.338 e. The summed E-state index contributed by atoms with van der Waals surface area (Å²) in [6.45, 7) is 0. The second kappa shape index (κ2) is 10.1. The molecule has 1 aliphatic rings. The van der Waals surface area contributed by atoms with Gasteiger partial charge in [0.05, 0.1) is 11.5 Å². The number of nitrogens with one attached hydrogen (secondary N) is 1. The lowest BCUT2D eigenvalue weighted by atomic mass is 9.90. The zero-order valence-electron chi connectivity index (χ0n) is 17.5. The highest BCUT2D eigenvalue weighted by Crippen LogP contribution is 2.27. The van der Waals surface area contributed by atoms with Gasteiger partial charge >= 0.3 is 5.97 Å². The number of hydrogen-bond acceptors (Lipinski definition) is 3. The Kier molecular flexibility index (Phi) is 6.78. The average Bonchev–Trinajstić information content (AvgIpc) is 2.82. The fourth-order valence-electron chi connectivity index (χ4n) is 4.09. The van der Waals surface area contributed by atoms with Gasteiger partial charge in [-0.2, -0.15) is 0 Å². The highest BCUT2D eigenvalue weighted by molar-refractivity contribution is 5.98. The molecule has 0 radical (unpaired) electrons. The molecule has 1 fully saturated rings. The molecule has 0 bridgehead atoms. The van der Waals surface area contributed by atoms with Gasteiger partial charge in [-0.1, -0.05) is 67.1 Å². The number of rotatable bonds is 6. The number of anilines is 1. The second-order valence-corrected chi connectivity index (χ2v) is 7.99. The third-order valence-corrected chi connectivity index (χ3v) is 5.74. The smallest absolute Gasteiger partial charge is 0.338 e. The fraction of sp³-hybridized carbons (Fsp3) is 0.259. The predicted octanol–water partition coefficient (Wildman–Crippen LogP) is 5.95. The monoisotopic (exact) mass is 413 g/mol. The summed E-state index contributed by atoms with van der Waals surface area (Å²) in [6, 6.07) is 26.4. The van der Waals surface area contributed by atoms with Crippen molar-refractivity contribution in [1.29, 1.82) is 0 Å². The molecule has 4 rings (SSSR count). The maximum absolute atomic E-state index is 13.2. The number of amides is 1. The Hall–Kier alpha value is -3.40. The molecule has 4 nitrogen and oxygen atoms in total. The van der Waals surface area contributed by atoms with Gasteiger partial charge in [-0.05, 0) is 61.1 Å². The predicted molar refractivity (Wildman–Crippen MR) is 122 cm³/mol. The van der Waals surface area contributed by atoms with Crippen LogP contribution in [-0.2, 0) is 9.53 Å². The van der Waals surface area contributed by atoms with Crippen molar-refractivity contribution >= 4 is 17.6 Å². The first-order valence-electron chi connectivity index (χ1n) is 10.9. The summed E-state index contributed by atoms with van der Waals surface area (Å²) in [7, 11) is 0. The summed E-state index contributed by atoms with van der Waals surface area (Å²) in [6.07, 6.45) is 5.37. The Labute approximate surface area is 183 Å². The summed E-state index contributed by atoms with van der Waals surface area (Å²) >= 11 is 0. The summed E-state index contributed by atoms with van der Waals surface area (Å²) < 4.78 is 5.63. The van der Waals surface area contributed by atoms with Gasteiger partial charge < -0.3 is 10.1 Å². The van der Waals surface area contributed by atoms with Crippen molar-refractivity contribution in [2.24, 2.45) is 0 Å². The van der Waals surface area contributed by atoms with Crippen molar-refractivity contribution < 1.29 is 14.3 Å². The van der Waals surface area contributed by atoms with Crippen LogP contribution in [0.1, 0.15) is 59.5 Å². The number of ether oxygens (including phenoxy) is 1. The SMILES string of the molecule is O=C(OC1CCCCC1)c1ccc(NC(=O)C(c2ccccc2)c2ccccc2)cc1. The van der Waals surface area contributed by atoms with E-state index in [1.54, 1.807) is 24.3 Å². The second-order valence-electron chi connectivity index (χ2n) is 7.99. The molecule has 1 amide bonds. The summed E-state index contributed by atoms with van der Waals surface area (Å²) in [5.41, 5.74) is 3.01. The van der Waals surface area contributed by atoms with Gasteiger partial charge in [0, 0.05) is 5.69 Å². The topological polar surface area (TPSA) is 55.4 Å². The maximum atomic E-state index is 13.2. The first kappa shape index (κ1) is 20.9. The van der Waals surface area contributed by atoms with Crippen LogP contribution in [0.25, 0.3) is 0 Å². The van der Waals surface area contributed by atoms with E-state index in [9.17, 15) is 9.59 Å². The number of hydrogen-bond donors (Lipinski definition) is 1. The number of esters is 1. The lowest BCUT2D eigenvalue weighted by molar-refractivity contribution is -0.116. The van der Waals surface area contributed by atoms with E-state index in [4.69, 9.17) is 4.74 Å². The number of carbonyl (C=O) groups is 2. The lowest BCUT2D eigenvalue weighted by Crippen LogP contribution is -2.22. The van der Waals surface area contributed by atoms with Crippen LogP contribution in [0.5, 0.6) is 0 Å². The van der Waals surface area contributed by atoms with Gasteiger partial charge in [0.15, 0.2) is 0 Å². The van der Waals surface area contributed by atoms with Crippen LogP contribution in [0.15, 0.2) is 84.9 Å². The van der Waals surface area contributed by atoms with Crippen LogP contribution in [0.3, 0.4) is 0 Å².